The van der Waals surface area contributed by atoms with Crippen LogP contribution >= 0.6 is 15.9 Å². The Morgan fingerprint density at radius 3 is 2.56 bits per heavy atom. The minimum absolute atomic E-state index is 0.0922. The number of phenolic OH excluding ortho intramolecular Hbond substituents is 1. The Morgan fingerprint density at radius 1 is 1.17 bits per heavy atom. The van der Waals surface area contributed by atoms with Gasteiger partial charge in [0.15, 0.2) is 0 Å². The van der Waals surface area contributed by atoms with Gasteiger partial charge >= 0.3 is 5.97 Å². The topological polar surface area (TPSA) is 46.5 Å². The molecule has 0 atom stereocenters. The molecular formula is C14H11BrO3. The molecule has 1 N–H and O–H groups in total. The maximum atomic E-state index is 11.8. The molecule has 0 saturated heterocycles. The molecule has 18 heavy (non-hydrogen) atoms. The lowest BCUT2D eigenvalue weighted by atomic mass is 10.2. The summed E-state index contributed by atoms with van der Waals surface area (Å²) in [5.41, 5.74) is 1.33. The molecule has 0 aliphatic carbocycles. The van der Waals surface area contributed by atoms with Crippen molar-refractivity contribution in [2.75, 3.05) is 0 Å². The van der Waals surface area contributed by atoms with E-state index in [1.807, 2.05) is 30.3 Å². The summed E-state index contributed by atoms with van der Waals surface area (Å²) in [6.45, 7) is 0.234. The summed E-state index contributed by atoms with van der Waals surface area (Å²) in [6.07, 6.45) is 0. The largest absolute Gasteiger partial charge is 0.507 e. The molecule has 0 bridgehead atoms. The van der Waals surface area contributed by atoms with E-state index in [9.17, 15) is 9.90 Å². The molecule has 0 aliphatic heterocycles. The fraction of sp³-hybridized carbons (Fsp3) is 0.0714. The number of aromatic hydroxyl groups is 1. The second-order valence-corrected chi connectivity index (χ2v) is 4.58. The fourth-order valence-corrected chi connectivity index (χ4v) is 1.82. The lowest BCUT2D eigenvalue weighted by Crippen LogP contribution is -2.05. The van der Waals surface area contributed by atoms with E-state index in [1.165, 1.54) is 18.2 Å². The van der Waals surface area contributed by atoms with E-state index in [2.05, 4.69) is 15.9 Å². The van der Waals surface area contributed by atoms with Crippen molar-refractivity contribution in [1.29, 1.82) is 0 Å². The Morgan fingerprint density at radius 2 is 1.89 bits per heavy atom. The minimum Gasteiger partial charge on any atom is -0.507 e. The van der Waals surface area contributed by atoms with E-state index in [4.69, 9.17) is 4.74 Å². The van der Waals surface area contributed by atoms with Crippen LogP contribution in [0.5, 0.6) is 5.75 Å². The van der Waals surface area contributed by atoms with Crippen molar-refractivity contribution in [3.63, 3.8) is 0 Å². The van der Waals surface area contributed by atoms with E-state index in [0.29, 0.717) is 10.0 Å². The van der Waals surface area contributed by atoms with Crippen LogP contribution in [-0.4, -0.2) is 11.1 Å². The minimum atomic E-state index is -0.417. The number of ether oxygens (including phenoxy) is 1. The molecule has 0 amide bonds. The summed E-state index contributed by atoms with van der Waals surface area (Å²) in [5, 5.41) is 9.33. The molecule has 0 aromatic heterocycles. The Labute approximate surface area is 113 Å². The Balaban J connectivity index is 2.02. The normalized spacial score (nSPS) is 10.1. The average Bonchev–Trinajstić information content (AvgIpc) is 2.40. The smallest absolute Gasteiger partial charge is 0.338 e. The molecule has 92 valence electrons. The molecule has 0 aliphatic rings. The first-order valence-corrected chi connectivity index (χ1v) is 6.15. The van der Waals surface area contributed by atoms with Crippen LogP contribution in [0.15, 0.2) is 53.0 Å². The summed E-state index contributed by atoms with van der Waals surface area (Å²) in [6, 6.07) is 14.0. The lowest BCUT2D eigenvalue weighted by Gasteiger charge is -2.05. The number of hydrogen-bond donors (Lipinski definition) is 1. The highest BCUT2D eigenvalue weighted by atomic mass is 79.9. The van der Waals surface area contributed by atoms with Gasteiger partial charge in [-0.15, -0.1) is 0 Å². The lowest BCUT2D eigenvalue weighted by molar-refractivity contribution is 0.0472. The average molecular weight is 307 g/mol. The molecule has 4 heteroatoms. The predicted octanol–water partition coefficient (Wildman–Crippen LogP) is 3.51. The molecule has 0 unspecified atom stereocenters. The number of esters is 1. The molecule has 2 rings (SSSR count). The summed E-state index contributed by atoms with van der Waals surface area (Å²) < 4.78 is 5.64. The van der Waals surface area contributed by atoms with Gasteiger partial charge in [0.25, 0.3) is 0 Å². The van der Waals surface area contributed by atoms with Crippen LogP contribution in [0, 0.1) is 0 Å². The highest BCUT2D eigenvalue weighted by molar-refractivity contribution is 9.10. The van der Waals surface area contributed by atoms with Gasteiger partial charge in [-0.1, -0.05) is 30.3 Å². The van der Waals surface area contributed by atoms with Crippen molar-refractivity contribution in [2.24, 2.45) is 0 Å². The van der Waals surface area contributed by atoms with Crippen LogP contribution in [0.25, 0.3) is 0 Å². The first-order chi connectivity index (χ1) is 8.66. The zero-order valence-electron chi connectivity index (χ0n) is 9.47. The van der Waals surface area contributed by atoms with Crippen molar-refractivity contribution in [1.82, 2.24) is 0 Å². The maximum absolute atomic E-state index is 11.8. The Hall–Kier alpha value is -1.81. The monoisotopic (exact) mass is 306 g/mol. The van der Waals surface area contributed by atoms with Gasteiger partial charge in [-0.3, -0.25) is 0 Å². The van der Waals surface area contributed by atoms with Crippen molar-refractivity contribution < 1.29 is 14.6 Å². The van der Waals surface area contributed by atoms with Crippen molar-refractivity contribution in [3.8, 4) is 5.75 Å². The molecule has 2 aromatic rings. The van der Waals surface area contributed by atoms with Crippen molar-refractivity contribution in [3.05, 3.63) is 64.1 Å². The predicted molar refractivity (Wildman–Crippen MR) is 71.4 cm³/mol. The molecule has 0 heterocycles. The van der Waals surface area contributed by atoms with E-state index in [0.717, 1.165) is 5.56 Å². The number of benzene rings is 2. The number of phenols is 1. The van der Waals surface area contributed by atoms with Crippen LogP contribution in [0.1, 0.15) is 15.9 Å². The van der Waals surface area contributed by atoms with Crippen LogP contribution in [0.4, 0.5) is 0 Å². The van der Waals surface area contributed by atoms with Crippen LogP contribution < -0.4 is 0 Å². The Bertz CT molecular complexity index is 552. The molecular weight excluding hydrogens is 296 g/mol. The van der Waals surface area contributed by atoms with Gasteiger partial charge in [0.05, 0.1) is 10.0 Å². The number of carbonyl (C=O) groups is 1. The quantitative estimate of drug-likeness (QED) is 0.883. The zero-order valence-corrected chi connectivity index (χ0v) is 11.1. The number of halogens is 1. The molecule has 0 radical (unpaired) electrons. The third kappa shape index (κ3) is 3.11. The summed E-state index contributed by atoms with van der Waals surface area (Å²) in [4.78, 5) is 11.8. The maximum Gasteiger partial charge on any atom is 0.338 e. The van der Waals surface area contributed by atoms with E-state index >= 15 is 0 Å². The van der Waals surface area contributed by atoms with Crippen LogP contribution in [0.2, 0.25) is 0 Å². The standard InChI is InChI=1S/C14H11BrO3/c15-12-8-11(6-7-13(12)16)14(17)18-9-10-4-2-1-3-5-10/h1-8,16H,9H2. The number of hydrogen-bond acceptors (Lipinski definition) is 3. The zero-order chi connectivity index (χ0) is 13.0. The van der Waals surface area contributed by atoms with Gasteiger partial charge < -0.3 is 9.84 Å². The first-order valence-electron chi connectivity index (χ1n) is 5.36. The third-order valence-electron chi connectivity index (χ3n) is 2.40. The summed E-state index contributed by atoms with van der Waals surface area (Å²) >= 11 is 3.15. The first kappa shape index (κ1) is 12.6. The second kappa shape index (κ2) is 5.69. The highest BCUT2D eigenvalue weighted by Crippen LogP contribution is 2.24. The Kier molecular flexibility index (Phi) is 3.99. The third-order valence-corrected chi connectivity index (χ3v) is 3.03. The van der Waals surface area contributed by atoms with Gasteiger partial charge in [-0.25, -0.2) is 4.79 Å². The van der Waals surface area contributed by atoms with Gasteiger partial charge in [-0.05, 0) is 39.7 Å². The molecule has 0 spiro atoms. The van der Waals surface area contributed by atoms with Gasteiger partial charge in [0.2, 0.25) is 0 Å². The van der Waals surface area contributed by atoms with E-state index in [-0.39, 0.29) is 12.4 Å². The number of rotatable bonds is 3. The van der Waals surface area contributed by atoms with Gasteiger partial charge in [0.1, 0.15) is 12.4 Å². The van der Waals surface area contributed by atoms with Crippen molar-refractivity contribution in [2.45, 2.75) is 6.61 Å². The van der Waals surface area contributed by atoms with E-state index in [1.54, 1.807) is 0 Å². The number of carbonyl (C=O) groups excluding carboxylic acids is 1. The molecule has 0 fully saturated rings. The van der Waals surface area contributed by atoms with Gasteiger partial charge in [0, 0.05) is 0 Å². The summed E-state index contributed by atoms with van der Waals surface area (Å²) in [5.74, 6) is -0.325. The molecule has 0 saturated carbocycles. The second-order valence-electron chi connectivity index (χ2n) is 3.73. The van der Waals surface area contributed by atoms with Crippen LogP contribution in [0.3, 0.4) is 0 Å². The van der Waals surface area contributed by atoms with Crippen LogP contribution in [-0.2, 0) is 11.3 Å². The van der Waals surface area contributed by atoms with Gasteiger partial charge in [-0.2, -0.15) is 0 Å². The summed E-state index contributed by atoms with van der Waals surface area (Å²) in [7, 11) is 0. The van der Waals surface area contributed by atoms with Crippen molar-refractivity contribution >= 4 is 21.9 Å². The SMILES string of the molecule is O=C(OCc1ccccc1)c1ccc(O)c(Br)c1. The highest BCUT2D eigenvalue weighted by Gasteiger charge is 2.09. The molecule has 3 nitrogen and oxygen atoms in total. The van der Waals surface area contributed by atoms with E-state index < -0.39 is 5.97 Å². The molecule has 2 aromatic carbocycles. The fourth-order valence-electron chi connectivity index (χ4n) is 1.44.